The minimum atomic E-state index is 0.337. The molecule has 0 aromatic carbocycles. The molecule has 1 unspecified atom stereocenters. The summed E-state index contributed by atoms with van der Waals surface area (Å²) in [6.07, 6.45) is 5.40. The summed E-state index contributed by atoms with van der Waals surface area (Å²) < 4.78 is 5.01. The fourth-order valence-corrected chi connectivity index (χ4v) is 1.60. The monoisotopic (exact) mass is 222 g/mol. The molecular weight excluding hydrogens is 200 g/mol. The number of nitrogens with zero attached hydrogens (tertiary/aromatic N) is 1. The van der Waals surface area contributed by atoms with Crippen LogP contribution in [0.15, 0.2) is 24.4 Å². The maximum atomic E-state index is 5.01. The second-order valence-corrected chi connectivity index (χ2v) is 3.98. The van der Waals surface area contributed by atoms with Gasteiger partial charge in [0.25, 0.3) is 0 Å². The Morgan fingerprint density at radius 2 is 2.19 bits per heavy atom. The zero-order valence-corrected chi connectivity index (χ0v) is 10.3. The van der Waals surface area contributed by atoms with E-state index in [1.165, 1.54) is 12.8 Å². The highest BCUT2D eigenvalue weighted by Crippen LogP contribution is 2.07. The van der Waals surface area contributed by atoms with E-state index in [2.05, 4.69) is 23.3 Å². The molecule has 90 valence electrons. The van der Waals surface area contributed by atoms with Crippen LogP contribution in [-0.4, -0.2) is 25.2 Å². The minimum absolute atomic E-state index is 0.337. The topological polar surface area (TPSA) is 34.1 Å². The van der Waals surface area contributed by atoms with Crippen molar-refractivity contribution in [1.82, 2.24) is 10.3 Å². The Balaban J connectivity index is 2.09. The average molecular weight is 222 g/mol. The zero-order chi connectivity index (χ0) is 11.6. The van der Waals surface area contributed by atoms with Crippen molar-refractivity contribution in [3.63, 3.8) is 0 Å². The van der Waals surface area contributed by atoms with Gasteiger partial charge in [-0.15, -0.1) is 0 Å². The molecule has 0 aliphatic carbocycles. The van der Waals surface area contributed by atoms with E-state index in [9.17, 15) is 0 Å². The number of ether oxygens (including phenoxy) is 1. The Hall–Kier alpha value is -0.930. The van der Waals surface area contributed by atoms with Gasteiger partial charge in [0.1, 0.15) is 0 Å². The minimum Gasteiger partial charge on any atom is -0.385 e. The SMILES string of the molecule is COCCCCCNC(C)c1ccccn1. The Morgan fingerprint density at radius 3 is 2.88 bits per heavy atom. The molecule has 16 heavy (non-hydrogen) atoms. The van der Waals surface area contributed by atoms with Crippen LogP contribution in [0.3, 0.4) is 0 Å². The van der Waals surface area contributed by atoms with Gasteiger partial charge in [-0.3, -0.25) is 4.98 Å². The molecule has 0 radical (unpaired) electrons. The largest absolute Gasteiger partial charge is 0.385 e. The van der Waals surface area contributed by atoms with Crippen molar-refractivity contribution in [2.75, 3.05) is 20.3 Å². The van der Waals surface area contributed by atoms with Gasteiger partial charge in [-0.05, 0) is 44.9 Å². The number of nitrogens with one attached hydrogen (secondary N) is 1. The van der Waals surface area contributed by atoms with Crippen LogP contribution in [0.2, 0.25) is 0 Å². The predicted octanol–water partition coefficient (Wildman–Crippen LogP) is 2.55. The Morgan fingerprint density at radius 1 is 1.31 bits per heavy atom. The number of aromatic nitrogens is 1. The highest BCUT2D eigenvalue weighted by atomic mass is 16.5. The lowest BCUT2D eigenvalue weighted by Gasteiger charge is -2.12. The molecule has 1 rings (SSSR count). The van der Waals surface area contributed by atoms with Gasteiger partial charge in [-0.2, -0.15) is 0 Å². The van der Waals surface area contributed by atoms with Crippen molar-refractivity contribution in [2.24, 2.45) is 0 Å². The third-order valence-corrected chi connectivity index (χ3v) is 2.61. The van der Waals surface area contributed by atoms with Crippen LogP contribution in [0.25, 0.3) is 0 Å². The number of pyridine rings is 1. The molecular formula is C13H22N2O. The first-order valence-corrected chi connectivity index (χ1v) is 5.98. The van der Waals surface area contributed by atoms with Gasteiger partial charge in [-0.1, -0.05) is 6.07 Å². The molecule has 1 heterocycles. The van der Waals surface area contributed by atoms with Gasteiger partial charge < -0.3 is 10.1 Å². The van der Waals surface area contributed by atoms with E-state index in [-0.39, 0.29) is 0 Å². The third-order valence-electron chi connectivity index (χ3n) is 2.61. The molecule has 0 saturated carbocycles. The molecule has 1 atom stereocenters. The van der Waals surface area contributed by atoms with Crippen molar-refractivity contribution in [3.05, 3.63) is 30.1 Å². The number of rotatable bonds is 8. The third kappa shape index (κ3) is 5.24. The van der Waals surface area contributed by atoms with Crippen LogP contribution in [-0.2, 0) is 4.74 Å². The number of hydrogen-bond acceptors (Lipinski definition) is 3. The summed E-state index contributed by atoms with van der Waals surface area (Å²) in [6.45, 7) is 4.06. The fourth-order valence-electron chi connectivity index (χ4n) is 1.60. The summed E-state index contributed by atoms with van der Waals surface area (Å²) in [6, 6.07) is 6.37. The van der Waals surface area contributed by atoms with Crippen LogP contribution < -0.4 is 5.32 Å². The van der Waals surface area contributed by atoms with E-state index >= 15 is 0 Å². The van der Waals surface area contributed by atoms with Crippen LogP contribution >= 0.6 is 0 Å². The van der Waals surface area contributed by atoms with E-state index in [1.54, 1.807) is 7.11 Å². The summed E-state index contributed by atoms with van der Waals surface area (Å²) >= 11 is 0. The van der Waals surface area contributed by atoms with Gasteiger partial charge in [0.15, 0.2) is 0 Å². The van der Waals surface area contributed by atoms with E-state index < -0.39 is 0 Å². The molecule has 0 amide bonds. The van der Waals surface area contributed by atoms with Crippen LogP contribution in [0.1, 0.15) is 37.9 Å². The maximum absolute atomic E-state index is 5.01. The quantitative estimate of drug-likeness (QED) is 0.686. The number of unbranched alkanes of at least 4 members (excludes halogenated alkanes) is 2. The number of hydrogen-bond donors (Lipinski definition) is 1. The van der Waals surface area contributed by atoms with Crippen LogP contribution in [0.5, 0.6) is 0 Å². The molecule has 1 aromatic rings. The van der Waals surface area contributed by atoms with Gasteiger partial charge in [0.05, 0.1) is 5.69 Å². The van der Waals surface area contributed by atoms with Crippen molar-refractivity contribution in [1.29, 1.82) is 0 Å². The van der Waals surface area contributed by atoms with Gasteiger partial charge >= 0.3 is 0 Å². The lowest BCUT2D eigenvalue weighted by atomic mass is 10.2. The smallest absolute Gasteiger partial charge is 0.0570 e. The number of methoxy groups -OCH3 is 1. The lowest BCUT2D eigenvalue weighted by molar-refractivity contribution is 0.192. The van der Waals surface area contributed by atoms with E-state index in [0.717, 1.165) is 25.3 Å². The summed E-state index contributed by atoms with van der Waals surface area (Å²) in [5.41, 5.74) is 1.11. The Kier molecular flexibility index (Phi) is 6.77. The summed E-state index contributed by atoms with van der Waals surface area (Å²) in [4.78, 5) is 4.32. The van der Waals surface area contributed by atoms with Gasteiger partial charge in [0.2, 0.25) is 0 Å². The Labute approximate surface area is 98.2 Å². The van der Waals surface area contributed by atoms with Crippen LogP contribution in [0, 0.1) is 0 Å². The van der Waals surface area contributed by atoms with E-state index in [4.69, 9.17) is 4.74 Å². The summed E-state index contributed by atoms with van der Waals surface area (Å²) in [7, 11) is 1.75. The first-order valence-electron chi connectivity index (χ1n) is 5.98. The lowest BCUT2D eigenvalue weighted by Crippen LogP contribution is -2.20. The van der Waals surface area contributed by atoms with E-state index in [1.807, 2.05) is 18.3 Å². The molecule has 3 nitrogen and oxygen atoms in total. The summed E-state index contributed by atoms with van der Waals surface area (Å²) in [5.74, 6) is 0. The molecule has 0 spiro atoms. The molecule has 3 heteroatoms. The highest BCUT2D eigenvalue weighted by Gasteiger charge is 2.03. The van der Waals surface area contributed by atoms with Gasteiger partial charge in [-0.25, -0.2) is 0 Å². The maximum Gasteiger partial charge on any atom is 0.0570 e. The normalized spacial score (nSPS) is 12.6. The van der Waals surface area contributed by atoms with E-state index in [0.29, 0.717) is 6.04 Å². The van der Waals surface area contributed by atoms with Crippen molar-refractivity contribution >= 4 is 0 Å². The standard InChI is InChI=1S/C13H22N2O/c1-12(13-8-4-6-10-15-13)14-9-5-3-7-11-16-2/h4,6,8,10,12,14H,3,5,7,9,11H2,1-2H3. The van der Waals surface area contributed by atoms with Crippen molar-refractivity contribution < 1.29 is 4.74 Å². The highest BCUT2D eigenvalue weighted by molar-refractivity contribution is 5.07. The van der Waals surface area contributed by atoms with Crippen molar-refractivity contribution in [3.8, 4) is 0 Å². The van der Waals surface area contributed by atoms with Crippen LogP contribution in [0.4, 0.5) is 0 Å². The second-order valence-electron chi connectivity index (χ2n) is 3.98. The first kappa shape index (κ1) is 13.1. The molecule has 1 N–H and O–H groups in total. The molecule has 0 bridgehead atoms. The summed E-state index contributed by atoms with van der Waals surface area (Å²) in [5, 5.41) is 3.47. The molecule has 0 aliphatic rings. The molecule has 1 aromatic heterocycles. The average Bonchev–Trinajstić information content (AvgIpc) is 2.34. The fraction of sp³-hybridized carbons (Fsp3) is 0.615. The molecule has 0 saturated heterocycles. The Bertz CT molecular complexity index is 264. The van der Waals surface area contributed by atoms with Crippen molar-refractivity contribution in [2.45, 2.75) is 32.2 Å². The first-order chi connectivity index (χ1) is 7.84. The molecule has 0 aliphatic heterocycles. The second kappa shape index (κ2) is 8.25. The zero-order valence-electron chi connectivity index (χ0n) is 10.3. The van der Waals surface area contributed by atoms with Gasteiger partial charge in [0, 0.05) is 26.0 Å². The molecule has 0 fully saturated rings. The predicted molar refractivity (Wildman–Crippen MR) is 66.4 cm³/mol.